The molecule has 3 heterocycles. The van der Waals surface area contributed by atoms with Crippen molar-refractivity contribution in [1.29, 1.82) is 0 Å². The molecule has 0 unspecified atom stereocenters. The van der Waals surface area contributed by atoms with Gasteiger partial charge in [0.2, 0.25) is 16.0 Å². The second-order valence-corrected chi connectivity index (χ2v) is 8.92. The Morgan fingerprint density at radius 2 is 2.00 bits per heavy atom. The summed E-state index contributed by atoms with van der Waals surface area (Å²) in [5, 5.41) is 0.187. The quantitative estimate of drug-likeness (QED) is 0.665. The van der Waals surface area contributed by atoms with E-state index in [1.165, 1.54) is 0 Å². The predicted molar refractivity (Wildman–Crippen MR) is 103 cm³/mol. The SMILES string of the molecule is Cc1ccc(S(=O)(=O)N2CCC[C@H]2Cn2cnc3c(Cl)nc(N)nc32)cc1. The summed E-state index contributed by atoms with van der Waals surface area (Å²) >= 11 is 6.07. The zero-order valence-corrected chi connectivity index (χ0v) is 16.3. The van der Waals surface area contributed by atoms with Gasteiger partial charge in [0.25, 0.3) is 0 Å². The molecule has 1 fully saturated rings. The fourth-order valence-corrected chi connectivity index (χ4v) is 5.34. The summed E-state index contributed by atoms with van der Waals surface area (Å²) < 4.78 is 29.5. The summed E-state index contributed by atoms with van der Waals surface area (Å²) in [4.78, 5) is 12.7. The lowest BCUT2D eigenvalue weighted by Gasteiger charge is -2.24. The number of benzene rings is 1. The number of anilines is 1. The van der Waals surface area contributed by atoms with Crippen LogP contribution < -0.4 is 5.73 Å². The summed E-state index contributed by atoms with van der Waals surface area (Å²) in [5.74, 6) is 0.0600. The lowest BCUT2D eigenvalue weighted by Crippen LogP contribution is -2.38. The Kier molecular flexibility index (Phi) is 4.53. The summed E-state index contributed by atoms with van der Waals surface area (Å²) in [6, 6.07) is 6.73. The summed E-state index contributed by atoms with van der Waals surface area (Å²) in [6.45, 7) is 2.84. The maximum atomic E-state index is 13.1. The number of aromatic nitrogens is 4. The molecule has 1 saturated heterocycles. The van der Waals surface area contributed by atoms with E-state index in [4.69, 9.17) is 17.3 Å². The number of halogens is 1. The number of hydrogen-bond acceptors (Lipinski definition) is 6. The molecule has 0 spiro atoms. The third kappa shape index (κ3) is 3.26. The molecular weight excluding hydrogens is 388 g/mol. The van der Waals surface area contributed by atoms with Crippen molar-refractivity contribution in [2.75, 3.05) is 12.3 Å². The molecule has 8 nitrogen and oxygen atoms in total. The molecule has 0 aliphatic carbocycles. The van der Waals surface area contributed by atoms with Crippen molar-refractivity contribution in [2.24, 2.45) is 0 Å². The molecule has 27 heavy (non-hydrogen) atoms. The number of nitrogen functional groups attached to an aromatic ring is 1. The highest BCUT2D eigenvalue weighted by atomic mass is 35.5. The van der Waals surface area contributed by atoms with Crippen LogP contribution in [-0.4, -0.2) is 44.8 Å². The highest BCUT2D eigenvalue weighted by molar-refractivity contribution is 7.89. The molecule has 0 radical (unpaired) electrons. The monoisotopic (exact) mass is 406 g/mol. The van der Waals surface area contributed by atoms with Crippen LogP contribution in [-0.2, 0) is 16.6 Å². The van der Waals surface area contributed by atoms with E-state index in [0.717, 1.165) is 18.4 Å². The van der Waals surface area contributed by atoms with Gasteiger partial charge in [0.15, 0.2) is 10.8 Å². The Labute approximate surface area is 162 Å². The zero-order chi connectivity index (χ0) is 19.2. The number of aryl methyl sites for hydroxylation is 1. The van der Waals surface area contributed by atoms with Crippen molar-refractivity contribution in [3.63, 3.8) is 0 Å². The number of fused-ring (bicyclic) bond motifs is 1. The molecule has 2 N–H and O–H groups in total. The average molecular weight is 407 g/mol. The van der Waals surface area contributed by atoms with Crippen LogP contribution in [0.4, 0.5) is 5.95 Å². The first-order chi connectivity index (χ1) is 12.9. The van der Waals surface area contributed by atoms with E-state index >= 15 is 0 Å². The van der Waals surface area contributed by atoms with E-state index in [9.17, 15) is 8.42 Å². The van der Waals surface area contributed by atoms with Gasteiger partial charge in [-0.1, -0.05) is 29.3 Å². The molecule has 10 heteroatoms. The van der Waals surface area contributed by atoms with Crippen LogP contribution in [0.5, 0.6) is 0 Å². The number of nitrogens with two attached hydrogens (primary N) is 1. The van der Waals surface area contributed by atoms with Gasteiger partial charge in [-0.2, -0.15) is 14.3 Å². The third-order valence-electron chi connectivity index (χ3n) is 4.80. The van der Waals surface area contributed by atoms with Gasteiger partial charge in [0, 0.05) is 19.1 Å². The minimum absolute atomic E-state index is 0.0600. The normalized spacial score (nSPS) is 18.4. The Balaban J connectivity index is 1.65. The number of hydrogen-bond donors (Lipinski definition) is 1. The number of nitrogens with zero attached hydrogens (tertiary/aromatic N) is 5. The summed E-state index contributed by atoms with van der Waals surface area (Å²) in [5.41, 5.74) is 7.67. The van der Waals surface area contributed by atoms with Gasteiger partial charge in [-0.3, -0.25) is 0 Å². The number of rotatable bonds is 4. The van der Waals surface area contributed by atoms with Crippen LogP contribution in [0.3, 0.4) is 0 Å². The van der Waals surface area contributed by atoms with Crippen molar-refractivity contribution < 1.29 is 8.42 Å². The smallest absolute Gasteiger partial charge is 0.243 e. The van der Waals surface area contributed by atoms with Gasteiger partial charge in [0.05, 0.1) is 11.2 Å². The second kappa shape index (κ2) is 6.74. The fraction of sp³-hybridized carbons (Fsp3) is 0.353. The number of sulfonamides is 1. The molecule has 3 aromatic rings. The first kappa shape index (κ1) is 18.1. The van der Waals surface area contributed by atoms with Gasteiger partial charge in [-0.25, -0.2) is 13.4 Å². The summed E-state index contributed by atoms with van der Waals surface area (Å²) in [7, 11) is -3.56. The third-order valence-corrected chi connectivity index (χ3v) is 7.03. The van der Waals surface area contributed by atoms with E-state index in [-0.39, 0.29) is 17.1 Å². The Bertz CT molecular complexity index is 1100. The van der Waals surface area contributed by atoms with Crippen LogP contribution in [0, 0.1) is 6.92 Å². The first-order valence-corrected chi connectivity index (χ1v) is 10.4. The molecule has 0 bridgehead atoms. The molecule has 1 aliphatic rings. The van der Waals surface area contributed by atoms with Crippen molar-refractivity contribution in [2.45, 2.75) is 37.2 Å². The minimum Gasteiger partial charge on any atom is -0.368 e. The average Bonchev–Trinajstić information content (AvgIpc) is 3.24. The molecule has 142 valence electrons. The fourth-order valence-electron chi connectivity index (χ4n) is 3.44. The molecular formula is C17H19ClN6O2S. The van der Waals surface area contributed by atoms with Crippen molar-refractivity contribution in [3.8, 4) is 0 Å². The van der Waals surface area contributed by atoms with Crippen LogP contribution in [0.15, 0.2) is 35.5 Å². The van der Waals surface area contributed by atoms with E-state index in [1.807, 2.05) is 19.1 Å². The van der Waals surface area contributed by atoms with E-state index in [0.29, 0.717) is 29.1 Å². The maximum absolute atomic E-state index is 13.1. The Morgan fingerprint density at radius 3 is 2.74 bits per heavy atom. The van der Waals surface area contributed by atoms with E-state index in [1.54, 1.807) is 27.3 Å². The molecule has 1 atom stereocenters. The molecule has 1 aromatic carbocycles. The molecule has 1 aliphatic heterocycles. The molecule has 2 aromatic heterocycles. The van der Waals surface area contributed by atoms with Crippen molar-refractivity contribution in [1.82, 2.24) is 23.8 Å². The minimum atomic E-state index is -3.56. The van der Waals surface area contributed by atoms with Crippen LogP contribution in [0.25, 0.3) is 11.2 Å². The Morgan fingerprint density at radius 1 is 1.26 bits per heavy atom. The zero-order valence-electron chi connectivity index (χ0n) is 14.7. The summed E-state index contributed by atoms with van der Waals surface area (Å²) in [6.07, 6.45) is 3.17. The van der Waals surface area contributed by atoms with Crippen LogP contribution >= 0.6 is 11.6 Å². The largest absolute Gasteiger partial charge is 0.368 e. The standard InChI is InChI=1S/C17H19ClN6O2S/c1-11-4-6-13(7-5-11)27(25,26)24-8-2-3-12(24)9-23-10-20-14-15(18)21-17(19)22-16(14)23/h4-7,10,12H,2-3,8-9H2,1H3,(H2,19,21,22)/t12-/m0/s1. The van der Waals surface area contributed by atoms with Crippen LogP contribution in [0.2, 0.25) is 5.15 Å². The highest BCUT2D eigenvalue weighted by Gasteiger charge is 2.35. The van der Waals surface area contributed by atoms with Gasteiger partial charge in [0.1, 0.15) is 5.52 Å². The predicted octanol–water partition coefficient (Wildman–Crippen LogP) is 2.22. The molecule has 0 saturated carbocycles. The van der Waals surface area contributed by atoms with Gasteiger partial charge in [-0.15, -0.1) is 0 Å². The Hall–Kier alpha value is -2.23. The number of imidazole rings is 1. The van der Waals surface area contributed by atoms with Crippen molar-refractivity contribution in [3.05, 3.63) is 41.3 Å². The highest BCUT2D eigenvalue weighted by Crippen LogP contribution is 2.28. The van der Waals surface area contributed by atoms with E-state index < -0.39 is 10.0 Å². The first-order valence-electron chi connectivity index (χ1n) is 8.58. The van der Waals surface area contributed by atoms with Gasteiger partial charge < -0.3 is 10.3 Å². The lowest BCUT2D eigenvalue weighted by molar-refractivity contribution is 0.354. The van der Waals surface area contributed by atoms with Gasteiger partial charge in [-0.05, 0) is 31.9 Å². The van der Waals surface area contributed by atoms with Crippen LogP contribution in [0.1, 0.15) is 18.4 Å². The topological polar surface area (TPSA) is 107 Å². The lowest BCUT2D eigenvalue weighted by atomic mass is 10.2. The van der Waals surface area contributed by atoms with Gasteiger partial charge >= 0.3 is 0 Å². The van der Waals surface area contributed by atoms with Crippen molar-refractivity contribution >= 4 is 38.7 Å². The molecule has 0 amide bonds. The van der Waals surface area contributed by atoms with E-state index in [2.05, 4.69) is 15.0 Å². The maximum Gasteiger partial charge on any atom is 0.243 e. The molecule has 4 rings (SSSR count). The second-order valence-electron chi connectivity index (χ2n) is 6.67.